The fraction of sp³-hybridized carbons (Fsp3) is 0.824. The molecule has 1 aromatic heterocycles. The third-order valence-corrected chi connectivity index (χ3v) is 6.13. The zero-order valence-electron chi connectivity index (χ0n) is 13.9. The van der Waals surface area contributed by atoms with Gasteiger partial charge in [-0.05, 0) is 46.0 Å². The molecule has 0 unspecified atom stereocenters. The summed E-state index contributed by atoms with van der Waals surface area (Å²) in [6.07, 6.45) is 5.94. The summed E-state index contributed by atoms with van der Waals surface area (Å²) in [6, 6.07) is 1.04. The Balaban J connectivity index is 1.62. The summed E-state index contributed by atoms with van der Waals surface area (Å²) in [7, 11) is 0. The van der Waals surface area contributed by atoms with Crippen molar-refractivity contribution in [2.75, 3.05) is 26.2 Å². The molecular formula is C17H29N3OS. The number of nitrogens with zero attached hydrogens (tertiary/aromatic N) is 3. The second-order valence-electron chi connectivity index (χ2n) is 6.92. The Morgan fingerprint density at radius 1 is 1.27 bits per heavy atom. The summed E-state index contributed by atoms with van der Waals surface area (Å²) < 4.78 is 0. The Hall–Kier alpha value is -0.490. The normalized spacial score (nSPS) is 23.9. The predicted octanol–water partition coefficient (Wildman–Crippen LogP) is 2.30. The van der Waals surface area contributed by atoms with Crippen LogP contribution in [0, 0.1) is 0 Å². The molecule has 1 aromatic rings. The molecule has 1 N–H and O–H groups in total. The van der Waals surface area contributed by atoms with E-state index in [9.17, 15) is 5.11 Å². The highest BCUT2D eigenvalue weighted by Crippen LogP contribution is 2.28. The molecule has 0 spiro atoms. The van der Waals surface area contributed by atoms with Gasteiger partial charge in [-0.1, -0.05) is 0 Å². The second-order valence-corrected chi connectivity index (χ2v) is 8.09. The van der Waals surface area contributed by atoms with Crippen LogP contribution in [0.4, 0.5) is 0 Å². The number of fused-ring (bicyclic) bond motifs is 1. The second kappa shape index (κ2) is 7.39. The molecule has 0 radical (unpaired) electrons. The van der Waals surface area contributed by atoms with Crippen molar-refractivity contribution in [2.24, 2.45) is 0 Å². The number of hydrogen-bond donors (Lipinski definition) is 1. The lowest BCUT2D eigenvalue weighted by molar-refractivity contribution is 0.0349. The molecule has 1 fully saturated rings. The van der Waals surface area contributed by atoms with Crippen LogP contribution < -0.4 is 0 Å². The fourth-order valence-corrected chi connectivity index (χ4v) is 5.03. The van der Waals surface area contributed by atoms with Gasteiger partial charge in [-0.3, -0.25) is 9.80 Å². The van der Waals surface area contributed by atoms with Crippen molar-refractivity contribution >= 4 is 11.3 Å². The lowest BCUT2D eigenvalue weighted by atomic mass is 10.0. The van der Waals surface area contributed by atoms with Gasteiger partial charge in [0.25, 0.3) is 0 Å². The van der Waals surface area contributed by atoms with Gasteiger partial charge in [-0.25, -0.2) is 4.98 Å². The first-order valence-electron chi connectivity index (χ1n) is 8.73. The van der Waals surface area contributed by atoms with Crippen molar-refractivity contribution in [3.05, 3.63) is 15.6 Å². The molecule has 0 saturated carbocycles. The lowest BCUT2D eigenvalue weighted by Crippen LogP contribution is -2.55. The van der Waals surface area contributed by atoms with E-state index in [4.69, 9.17) is 4.98 Å². The molecule has 0 aromatic carbocycles. The molecule has 2 aliphatic rings. The number of hydrogen-bond acceptors (Lipinski definition) is 5. The van der Waals surface area contributed by atoms with E-state index < -0.39 is 0 Å². The Kier molecular flexibility index (Phi) is 5.50. The lowest BCUT2D eigenvalue weighted by Gasteiger charge is -2.43. The van der Waals surface area contributed by atoms with Crippen LogP contribution in [0.1, 0.15) is 48.7 Å². The molecule has 0 amide bonds. The van der Waals surface area contributed by atoms with E-state index in [0.717, 1.165) is 32.6 Å². The van der Waals surface area contributed by atoms with Crippen LogP contribution in [-0.4, -0.2) is 58.2 Å². The van der Waals surface area contributed by atoms with Gasteiger partial charge in [0.1, 0.15) is 5.01 Å². The monoisotopic (exact) mass is 323 g/mol. The molecule has 1 saturated heterocycles. The Bertz CT molecular complexity index is 465. The first kappa shape index (κ1) is 16.4. The van der Waals surface area contributed by atoms with Gasteiger partial charge in [0.15, 0.2) is 0 Å². The maximum absolute atomic E-state index is 9.35. The molecule has 1 aliphatic heterocycles. The zero-order valence-corrected chi connectivity index (χ0v) is 14.7. The third-order valence-electron chi connectivity index (χ3n) is 4.99. The molecule has 3 rings (SSSR count). The van der Waals surface area contributed by atoms with Gasteiger partial charge in [0.05, 0.1) is 12.2 Å². The van der Waals surface area contributed by atoms with Gasteiger partial charge < -0.3 is 5.11 Å². The van der Waals surface area contributed by atoms with Crippen molar-refractivity contribution in [3.63, 3.8) is 0 Å². The van der Waals surface area contributed by atoms with Crippen LogP contribution in [0.3, 0.4) is 0 Å². The van der Waals surface area contributed by atoms with Crippen molar-refractivity contribution in [1.29, 1.82) is 0 Å². The Morgan fingerprint density at radius 3 is 2.82 bits per heavy atom. The highest BCUT2D eigenvalue weighted by Gasteiger charge is 2.28. The SMILES string of the molecule is CC(C)N1CCN(Cc2nc3c(s2)CCCC3)C[C@@H]1CCO. The largest absolute Gasteiger partial charge is 0.396 e. The van der Waals surface area contributed by atoms with Gasteiger partial charge in [-0.2, -0.15) is 0 Å². The number of aromatic nitrogens is 1. The summed E-state index contributed by atoms with van der Waals surface area (Å²) >= 11 is 1.93. The molecule has 22 heavy (non-hydrogen) atoms. The molecule has 1 aliphatic carbocycles. The van der Waals surface area contributed by atoms with Crippen molar-refractivity contribution in [3.8, 4) is 0 Å². The summed E-state index contributed by atoms with van der Waals surface area (Å²) in [4.78, 5) is 11.5. The molecular weight excluding hydrogens is 294 g/mol. The highest BCUT2D eigenvalue weighted by atomic mass is 32.1. The quantitative estimate of drug-likeness (QED) is 0.902. The van der Waals surface area contributed by atoms with E-state index >= 15 is 0 Å². The van der Waals surface area contributed by atoms with E-state index in [-0.39, 0.29) is 6.61 Å². The predicted molar refractivity (Wildman–Crippen MR) is 91.4 cm³/mol. The minimum absolute atomic E-state index is 0.285. The van der Waals surface area contributed by atoms with Gasteiger partial charge in [0.2, 0.25) is 0 Å². The smallest absolute Gasteiger partial charge is 0.107 e. The fourth-order valence-electron chi connectivity index (χ4n) is 3.83. The minimum Gasteiger partial charge on any atom is -0.396 e. The van der Waals surface area contributed by atoms with Crippen molar-refractivity contribution in [1.82, 2.24) is 14.8 Å². The maximum Gasteiger partial charge on any atom is 0.107 e. The highest BCUT2D eigenvalue weighted by molar-refractivity contribution is 7.11. The number of thiazole rings is 1. The van der Waals surface area contributed by atoms with Gasteiger partial charge in [-0.15, -0.1) is 11.3 Å². The van der Waals surface area contributed by atoms with E-state index in [0.29, 0.717) is 12.1 Å². The van der Waals surface area contributed by atoms with Crippen LogP contribution in [-0.2, 0) is 19.4 Å². The summed E-state index contributed by atoms with van der Waals surface area (Å²) in [5.41, 5.74) is 1.37. The summed E-state index contributed by atoms with van der Waals surface area (Å²) in [5, 5.41) is 10.6. The first-order valence-corrected chi connectivity index (χ1v) is 9.55. The van der Waals surface area contributed by atoms with Crippen LogP contribution in [0.25, 0.3) is 0 Å². The average molecular weight is 324 g/mol. The standard InChI is InChI=1S/C17H29N3OS/c1-13(2)20-9-8-19(11-14(20)7-10-21)12-17-18-15-5-3-4-6-16(15)22-17/h13-14,21H,3-12H2,1-2H3/t14-/m0/s1. The number of aliphatic hydroxyl groups excluding tert-OH is 1. The summed E-state index contributed by atoms with van der Waals surface area (Å²) in [5.74, 6) is 0. The van der Waals surface area contributed by atoms with E-state index in [1.165, 1.54) is 41.3 Å². The summed E-state index contributed by atoms with van der Waals surface area (Å²) in [6.45, 7) is 9.07. The topological polar surface area (TPSA) is 39.6 Å². The van der Waals surface area contributed by atoms with E-state index in [2.05, 4.69) is 23.6 Å². The molecule has 5 heteroatoms. The van der Waals surface area contributed by atoms with Crippen molar-refractivity contribution < 1.29 is 5.11 Å². The molecule has 2 heterocycles. The number of aryl methyl sites for hydroxylation is 2. The number of rotatable bonds is 5. The Labute approximate surface area is 138 Å². The molecule has 0 bridgehead atoms. The van der Waals surface area contributed by atoms with Crippen LogP contribution >= 0.6 is 11.3 Å². The third kappa shape index (κ3) is 3.70. The van der Waals surface area contributed by atoms with Crippen LogP contribution in [0.2, 0.25) is 0 Å². The van der Waals surface area contributed by atoms with E-state index in [1.807, 2.05) is 11.3 Å². The number of aliphatic hydroxyl groups is 1. The average Bonchev–Trinajstić information content (AvgIpc) is 2.89. The zero-order chi connectivity index (χ0) is 15.5. The van der Waals surface area contributed by atoms with Crippen LogP contribution in [0.5, 0.6) is 0 Å². The number of piperazine rings is 1. The van der Waals surface area contributed by atoms with Gasteiger partial charge >= 0.3 is 0 Å². The Morgan fingerprint density at radius 2 is 2.09 bits per heavy atom. The minimum atomic E-state index is 0.285. The van der Waals surface area contributed by atoms with Crippen LogP contribution in [0.15, 0.2) is 0 Å². The molecule has 4 nitrogen and oxygen atoms in total. The van der Waals surface area contributed by atoms with Gasteiger partial charge in [0, 0.05) is 43.2 Å². The van der Waals surface area contributed by atoms with E-state index in [1.54, 1.807) is 0 Å². The maximum atomic E-state index is 9.35. The molecule has 124 valence electrons. The van der Waals surface area contributed by atoms with Crippen molar-refractivity contribution in [2.45, 2.75) is 64.6 Å². The molecule has 1 atom stereocenters. The first-order chi connectivity index (χ1) is 10.7.